The van der Waals surface area contributed by atoms with Crippen molar-refractivity contribution in [2.45, 2.75) is 17.7 Å². The lowest BCUT2D eigenvalue weighted by molar-refractivity contribution is -0.384. The molecule has 1 fully saturated rings. The standard InChI is InChI=1S/C12H12Cl2N2O3/c13-12(14)11(17)8-3-4-9(10(7-8)16(18)19)15-5-1-2-6-15/h3-4,7,12H,1-2,5-6H2. The predicted molar refractivity (Wildman–Crippen MR) is 74.4 cm³/mol. The average Bonchev–Trinajstić information content (AvgIpc) is 2.90. The summed E-state index contributed by atoms with van der Waals surface area (Å²) in [7, 11) is 0. The van der Waals surface area contributed by atoms with Crippen molar-refractivity contribution in [1.29, 1.82) is 0 Å². The average molecular weight is 303 g/mol. The van der Waals surface area contributed by atoms with Gasteiger partial charge in [0.1, 0.15) is 5.69 Å². The molecule has 0 aliphatic carbocycles. The van der Waals surface area contributed by atoms with E-state index in [9.17, 15) is 14.9 Å². The Hall–Kier alpha value is -1.33. The quantitative estimate of drug-likeness (QED) is 0.371. The van der Waals surface area contributed by atoms with E-state index in [1.807, 2.05) is 4.90 Å². The molecular weight excluding hydrogens is 291 g/mol. The SMILES string of the molecule is O=C(c1ccc(N2CCCC2)c([N+](=O)[O-])c1)C(Cl)Cl. The maximum Gasteiger partial charge on any atom is 0.293 e. The highest BCUT2D eigenvalue weighted by Crippen LogP contribution is 2.32. The number of carbonyl (C=O) groups excluding carboxylic acids is 1. The number of halogens is 2. The number of carbonyl (C=O) groups is 1. The van der Waals surface area contributed by atoms with Gasteiger partial charge in [-0.25, -0.2) is 0 Å². The number of nitro benzene ring substituents is 1. The second-order valence-corrected chi connectivity index (χ2v) is 5.42. The lowest BCUT2D eigenvalue weighted by Crippen LogP contribution is -2.19. The maximum absolute atomic E-state index is 11.7. The van der Waals surface area contributed by atoms with Gasteiger partial charge >= 0.3 is 0 Å². The molecule has 0 spiro atoms. The largest absolute Gasteiger partial charge is 0.366 e. The summed E-state index contributed by atoms with van der Waals surface area (Å²) >= 11 is 11.0. The van der Waals surface area contributed by atoms with Crippen LogP contribution in [-0.4, -0.2) is 28.6 Å². The Bertz CT molecular complexity index is 514. The third-order valence-corrected chi connectivity index (χ3v) is 3.50. The predicted octanol–water partition coefficient (Wildman–Crippen LogP) is 3.18. The van der Waals surface area contributed by atoms with Gasteiger partial charge in [-0.05, 0) is 25.0 Å². The number of nitro groups is 1. The summed E-state index contributed by atoms with van der Waals surface area (Å²) < 4.78 is 0. The first kappa shape index (κ1) is 14.1. The summed E-state index contributed by atoms with van der Waals surface area (Å²) in [4.78, 5) is 23.0. The highest BCUT2D eigenvalue weighted by atomic mass is 35.5. The molecule has 2 rings (SSSR count). The van der Waals surface area contributed by atoms with Gasteiger partial charge in [0, 0.05) is 24.7 Å². The third kappa shape index (κ3) is 2.98. The van der Waals surface area contributed by atoms with Gasteiger partial charge in [-0.3, -0.25) is 14.9 Å². The van der Waals surface area contributed by atoms with Crippen molar-refractivity contribution in [3.05, 3.63) is 33.9 Å². The fourth-order valence-corrected chi connectivity index (χ4v) is 2.43. The number of alkyl halides is 2. The first-order valence-electron chi connectivity index (χ1n) is 5.86. The van der Waals surface area contributed by atoms with Crippen LogP contribution < -0.4 is 4.90 Å². The Morgan fingerprint density at radius 2 is 1.95 bits per heavy atom. The van der Waals surface area contributed by atoms with E-state index in [2.05, 4.69) is 0 Å². The highest BCUT2D eigenvalue weighted by molar-refractivity contribution is 6.55. The maximum atomic E-state index is 11.7. The van der Waals surface area contributed by atoms with E-state index < -0.39 is 15.5 Å². The van der Waals surface area contributed by atoms with Gasteiger partial charge in [0.15, 0.2) is 10.6 Å². The Labute approximate surface area is 120 Å². The Morgan fingerprint density at radius 3 is 2.47 bits per heavy atom. The van der Waals surface area contributed by atoms with Crippen LogP contribution in [0.25, 0.3) is 0 Å². The molecule has 0 aromatic heterocycles. The molecule has 1 heterocycles. The van der Waals surface area contributed by atoms with Gasteiger partial charge in [0.25, 0.3) is 5.69 Å². The minimum atomic E-state index is -1.21. The van der Waals surface area contributed by atoms with Crippen molar-refractivity contribution in [3.63, 3.8) is 0 Å². The van der Waals surface area contributed by atoms with Gasteiger partial charge in [-0.2, -0.15) is 0 Å². The number of nitrogens with zero attached hydrogens (tertiary/aromatic N) is 2. The number of rotatable bonds is 4. The van der Waals surface area contributed by atoms with Crippen LogP contribution in [0.1, 0.15) is 23.2 Å². The van der Waals surface area contributed by atoms with Gasteiger partial charge in [-0.1, -0.05) is 23.2 Å². The van der Waals surface area contributed by atoms with Crippen LogP contribution in [0, 0.1) is 10.1 Å². The van der Waals surface area contributed by atoms with E-state index in [-0.39, 0.29) is 11.3 Å². The van der Waals surface area contributed by atoms with Gasteiger partial charge in [-0.15, -0.1) is 0 Å². The molecule has 0 atom stereocenters. The number of hydrogen-bond acceptors (Lipinski definition) is 4. The molecular formula is C12H12Cl2N2O3. The number of hydrogen-bond donors (Lipinski definition) is 0. The molecule has 0 N–H and O–H groups in total. The Kier molecular flexibility index (Phi) is 4.27. The fourth-order valence-electron chi connectivity index (χ4n) is 2.17. The zero-order chi connectivity index (χ0) is 14.0. The molecule has 102 valence electrons. The van der Waals surface area contributed by atoms with Crippen LogP contribution in [0.4, 0.5) is 11.4 Å². The minimum absolute atomic E-state index is 0.0817. The van der Waals surface area contributed by atoms with E-state index >= 15 is 0 Å². The molecule has 0 saturated carbocycles. The van der Waals surface area contributed by atoms with Gasteiger partial charge < -0.3 is 4.90 Å². The molecule has 0 unspecified atom stereocenters. The summed E-state index contributed by atoms with van der Waals surface area (Å²) in [5, 5.41) is 11.1. The zero-order valence-corrected chi connectivity index (χ0v) is 11.5. The summed E-state index contributed by atoms with van der Waals surface area (Å²) in [6.45, 7) is 1.59. The number of benzene rings is 1. The number of Topliss-reactive ketones (excluding diaryl/α,β-unsaturated/α-hetero) is 1. The first-order valence-corrected chi connectivity index (χ1v) is 6.73. The summed E-state index contributed by atoms with van der Waals surface area (Å²) in [5.41, 5.74) is 0.617. The topological polar surface area (TPSA) is 63.5 Å². The van der Waals surface area contributed by atoms with Crippen molar-refractivity contribution >= 4 is 40.4 Å². The van der Waals surface area contributed by atoms with Crippen molar-refractivity contribution in [3.8, 4) is 0 Å². The van der Waals surface area contributed by atoms with Crippen LogP contribution in [0.2, 0.25) is 0 Å². The monoisotopic (exact) mass is 302 g/mol. The van der Waals surface area contributed by atoms with Crippen LogP contribution in [0.15, 0.2) is 18.2 Å². The molecule has 0 bridgehead atoms. The molecule has 1 aromatic carbocycles. The summed E-state index contributed by atoms with van der Waals surface area (Å²) in [6, 6.07) is 4.36. The third-order valence-electron chi connectivity index (χ3n) is 3.10. The van der Waals surface area contributed by atoms with Crippen LogP contribution in [0.3, 0.4) is 0 Å². The van der Waals surface area contributed by atoms with E-state index in [4.69, 9.17) is 23.2 Å². The molecule has 19 heavy (non-hydrogen) atoms. The summed E-state index contributed by atoms with van der Waals surface area (Å²) in [5.74, 6) is -0.528. The highest BCUT2D eigenvalue weighted by Gasteiger charge is 2.25. The van der Waals surface area contributed by atoms with Crippen LogP contribution in [0.5, 0.6) is 0 Å². The smallest absolute Gasteiger partial charge is 0.293 e. The van der Waals surface area contributed by atoms with E-state index in [1.54, 1.807) is 6.07 Å². The Balaban J connectivity index is 2.40. The second-order valence-electron chi connectivity index (χ2n) is 4.32. The van der Waals surface area contributed by atoms with Gasteiger partial charge in [0.2, 0.25) is 0 Å². The lowest BCUT2D eigenvalue weighted by atomic mass is 10.1. The molecule has 0 amide bonds. The van der Waals surface area contributed by atoms with E-state index in [0.717, 1.165) is 25.9 Å². The lowest BCUT2D eigenvalue weighted by Gasteiger charge is -2.17. The number of anilines is 1. The van der Waals surface area contributed by atoms with Gasteiger partial charge in [0.05, 0.1) is 4.92 Å². The van der Waals surface area contributed by atoms with Crippen molar-refractivity contribution in [2.75, 3.05) is 18.0 Å². The number of ketones is 1. The van der Waals surface area contributed by atoms with Crippen molar-refractivity contribution in [1.82, 2.24) is 0 Å². The molecule has 1 saturated heterocycles. The molecule has 1 aromatic rings. The fraction of sp³-hybridized carbons (Fsp3) is 0.417. The van der Waals surface area contributed by atoms with E-state index in [1.165, 1.54) is 12.1 Å². The first-order chi connectivity index (χ1) is 9.00. The zero-order valence-electron chi connectivity index (χ0n) is 10.0. The summed E-state index contributed by atoms with van der Waals surface area (Å²) in [6.07, 6.45) is 2.03. The molecule has 0 radical (unpaired) electrons. The molecule has 7 heteroatoms. The van der Waals surface area contributed by atoms with E-state index in [0.29, 0.717) is 5.69 Å². The Morgan fingerprint density at radius 1 is 1.32 bits per heavy atom. The normalized spacial score (nSPS) is 15.0. The van der Waals surface area contributed by atoms with Crippen molar-refractivity contribution in [2.24, 2.45) is 0 Å². The second kappa shape index (κ2) is 5.75. The minimum Gasteiger partial charge on any atom is -0.366 e. The van der Waals surface area contributed by atoms with Crippen LogP contribution >= 0.6 is 23.2 Å². The van der Waals surface area contributed by atoms with Crippen molar-refractivity contribution < 1.29 is 9.72 Å². The van der Waals surface area contributed by atoms with Crippen LogP contribution in [-0.2, 0) is 0 Å². The molecule has 1 aliphatic rings. The molecule has 5 nitrogen and oxygen atoms in total. The molecule has 1 aliphatic heterocycles.